The van der Waals surface area contributed by atoms with Gasteiger partial charge in [0.1, 0.15) is 0 Å². The van der Waals surface area contributed by atoms with Gasteiger partial charge in [0.05, 0.1) is 0 Å². The monoisotopic (exact) mass is 350 g/mol. The summed E-state index contributed by atoms with van der Waals surface area (Å²) in [4.78, 5) is 0. The molecule has 0 saturated heterocycles. The van der Waals surface area contributed by atoms with Crippen molar-refractivity contribution < 1.29 is 0 Å². The second-order valence-corrected chi connectivity index (χ2v) is 20.6. The van der Waals surface area contributed by atoms with Gasteiger partial charge in [-0.2, -0.15) is 0 Å². The summed E-state index contributed by atoms with van der Waals surface area (Å²) in [6, 6.07) is 11.5. The Balaban J connectivity index is 3.49. The van der Waals surface area contributed by atoms with E-state index in [9.17, 15) is 0 Å². The summed E-state index contributed by atoms with van der Waals surface area (Å²) in [5, 5.41) is 2.80. The molecule has 0 aliphatic carbocycles. The van der Waals surface area contributed by atoms with E-state index in [1.165, 1.54) is 10.5 Å². The number of benzene rings is 1. The topological polar surface area (TPSA) is 0 Å². The summed E-state index contributed by atoms with van der Waals surface area (Å²) < 4.78 is 2.11. The van der Waals surface area contributed by atoms with Crippen LogP contribution in [-0.4, -0.2) is 13.3 Å². The van der Waals surface area contributed by atoms with Crippen molar-refractivity contribution in [2.45, 2.75) is 77.1 Å². The SMILES string of the molecule is CC(C)(C)[CH2][Ge]([CH2]C(C)(C)C)([c]1ccccc1)[C](C)(C)C. The van der Waals surface area contributed by atoms with E-state index in [1.54, 1.807) is 4.40 Å². The third-order valence-electron chi connectivity index (χ3n) is 4.43. The molecule has 0 unspecified atom stereocenters. The molecule has 0 nitrogen and oxygen atoms in total. The molecule has 0 saturated carbocycles. The van der Waals surface area contributed by atoms with Gasteiger partial charge in [0.2, 0.25) is 0 Å². The first-order chi connectivity index (χ1) is 9.27. The Morgan fingerprint density at radius 3 is 1.33 bits per heavy atom. The molecule has 0 fully saturated rings. The summed E-state index contributed by atoms with van der Waals surface area (Å²) >= 11 is -2.29. The van der Waals surface area contributed by atoms with Gasteiger partial charge in [0.25, 0.3) is 0 Å². The van der Waals surface area contributed by atoms with Crippen molar-refractivity contribution in [2.75, 3.05) is 0 Å². The van der Waals surface area contributed by atoms with E-state index in [2.05, 4.69) is 92.6 Å². The van der Waals surface area contributed by atoms with Gasteiger partial charge in [-0.1, -0.05) is 0 Å². The van der Waals surface area contributed by atoms with E-state index in [0.29, 0.717) is 15.1 Å². The first-order valence-corrected chi connectivity index (χ1v) is 13.4. The molecule has 1 rings (SSSR count). The van der Waals surface area contributed by atoms with E-state index in [-0.39, 0.29) is 0 Å². The maximum atomic E-state index is 2.50. The van der Waals surface area contributed by atoms with Gasteiger partial charge in [-0.25, -0.2) is 0 Å². The fourth-order valence-corrected chi connectivity index (χ4v) is 18.3. The molecule has 0 heterocycles. The Kier molecular flexibility index (Phi) is 5.47. The molecular formula is C20H36Ge. The van der Waals surface area contributed by atoms with Crippen molar-refractivity contribution in [1.82, 2.24) is 0 Å². The molecule has 0 amide bonds. The van der Waals surface area contributed by atoms with Crippen LogP contribution >= 0.6 is 0 Å². The first-order valence-electron chi connectivity index (χ1n) is 8.32. The van der Waals surface area contributed by atoms with E-state index in [1.807, 2.05) is 0 Å². The van der Waals surface area contributed by atoms with Crippen LogP contribution in [-0.2, 0) is 0 Å². The van der Waals surface area contributed by atoms with Crippen molar-refractivity contribution in [2.24, 2.45) is 10.8 Å². The van der Waals surface area contributed by atoms with E-state index in [0.717, 1.165) is 0 Å². The third kappa shape index (κ3) is 5.16. The van der Waals surface area contributed by atoms with Crippen LogP contribution in [0.5, 0.6) is 0 Å². The minimum atomic E-state index is -2.29. The van der Waals surface area contributed by atoms with Crippen LogP contribution in [0.2, 0.25) is 14.8 Å². The van der Waals surface area contributed by atoms with Crippen LogP contribution in [0.3, 0.4) is 0 Å². The van der Waals surface area contributed by atoms with Crippen molar-refractivity contribution in [3.05, 3.63) is 30.3 Å². The van der Waals surface area contributed by atoms with Crippen LogP contribution in [0.1, 0.15) is 62.3 Å². The Morgan fingerprint density at radius 1 is 0.667 bits per heavy atom. The Morgan fingerprint density at radius 2 is 1.05 bits per heavy atom. The van der Waals surface area contributed by atoms with Crippen LogP contribution in [0, 0.1) is 10.8 Å². The molecular weight excluding hydrogens is 313 g/mol. The van der Waals surface area contributed by atoms with Gasteiger partial charge in [-0.3, -0.25) is 0 Å². The molecule has 0 spiro atoms. The molecule has 1 aromatic carbocycles. The maximum absolute atomic E-state index is 2.50. The summed E-state index contributed by atoms with van der Waals surface area (Å²) in [6.45, 7) is 22.0. The molecule has 0 N–H and O–H groups in total. The Labute approximate surface area is 136 Å². The van der Waals surface area contributed by atoms with Gasteiger partial charge in [-0.15, -0.1) is 0 Å². The molecule has 120 valence electrons. The first kappa shape index (κ1) is 18.8. The summed E-state index contributed by atoms with van der Waals surface area (Å²) in [5.74, 6) is 0. The standard InChI is InChI=1S/C20H36Ge/c1-18(2,3)15-21(20(7,8)9,16-19(4,5)6)17-13-11-10-12-14-17/h10-14H,15-16H2,1-9H3. The predicted molar refractivity (Wildman–Crippen MR) is 100 cm³/mol. The normalized spacial score (nSPS) is 14.3. The molecule has 0 aliphatic rings. The average molecular weight is 349 g/mol. The van der Waals surface area contributed by atoms with Crippen LogP contribution in [0.25, 0.3) is 0 Å². The van der Waals surface area contributed by atoms with Crippen molar-refractivity contribution in [3.63, 3.8) is 0 Å². The second kappa shape index (κ2) is 6.10. The third-order valence-corrected chi connectivity index (χ3v) is 20.5. The van der Waals surface area contributed by atoms with Crippen LogP contribution in [0.15, 0.2) is 30.3 Å². The van der Waals surface area contributed by atoms with Crippen LogP contribution < -0.4 is 4.40 Å². The van der Waals surface area contributed by atoms with Crippen molar-refractivity contribution in [3.8, 4) is 0 Å². The Hall–Kier alpha value is -0.237. The Bertz CT molecular complexity index is 421. The minimum absolute atomic E-state index is 0.397. The van der Waals surface area contributed by atoms with Gasteiger partial charge < -0.3 is 0 Å². The van der Waals surface area contributed by atoms with E-state index >= 15 is 0 Å². The van der Waals surface area contributed by atoms with E-state index < -0.39 is 13.3 Å². The fourth-order valence-electron chi connectivity index (χ4n) is 3.80. The van der Waals surface area contributed by atoms with Gasteiger partial charge in [0, 0.05) is 0 Å². The van der Waals surface area contributed by atoms with Crippen molar-refractivity contribution >= 4 is 17.7 Å². The molecule has 0 bridgehead atoms. The number of hydrogen-bond donors (Lipinski definition) is 0. The molecule has 0 atom stereocenters. The fraction of sp³-hybridized carbons (Fsp3) is 0.700. The summed E-state index contributed by atoms with van der Waals surface area (Å²) in [6.07, 6.45) is 0. The molecule has 0 radical (unpaired) electrons. The predicted octanol–water partition coefficient (Wildman–Crippen LogP) is 6.23. The van der Waals surface area contributed by atoms with E-state index in [4.69, 9.17) is 0 Å². The van der Waals surface area contributed by atoms with Gasteiger partial charge in [0.15, 0.2) is 0 Å². The average Bonchev–Trinajstić information content (AvgIpc) is 2.23. The van der Waals surface area contributed by atoms with Crippen molar-refractivity contribution in [1.29, 1.82) is 0 Å². The molecule has 0 aliphatic heterocycles. The van der Waals surface area contributed by atoms with Gasteiger partial charge in [-0.05, 0) is 0 Å². The zero-order valence-electron chi connectivity index (χ0n) is 15.8. The zero-order chi connectivity index (χ0) is 16.5. The van der Waals surface area contributed by atoms with Gasteiger partial charge >= 0.3 is 136 Å². The molecule has 1 heteroatoms. The zero-order valence-corrected chi connectivity index (χ0v) is 17.9. The molecule has 21 heavy (non-hydrogen) atoms. The summed E-state index contributed by atoms with van der Waals surface area (Å²) in [7, 11) is 0. The number of rotatable bonds is 3. The van der Waals surface area contributed by atoms with Crippen LogP contribution in [0.4, 0.5) is 0 Å². The molecule has 1 aromatic rings. The number of hydrogen-bond acceptors (Lipinski definition) is 0. The molecule has 0 aromatic heterocycles. The second-order valence-electron chi connectivity index (χ2n) is 10.2. The quantitative estimate of drug-likeness (QED) is 0.567. The summed E-state index contributed by atoms with van der Waals surface area (Å²) in [5.41, 5.74) is 0.794.